The van der Waals surface area contributed by atoms with E-state index in [-0.39, 0.29) is 12.2 Å². The van der Waals surface area contributed by atoms with Crippen molar-refractivity contribution in [2.24, 2.45) is 0 Å². The smallest absolute Gasteiger partial charge is 0.326 e. The van der Waals surface area contributed by atoms with Crippen molar-refractivity contribution in [1.29, 1.82) is 0 Å². The summed E-state index contributed by atoms with van der Waals surface area (Å²) in [4.78, 5) is 23.2. The number of aliphatic carboxylic acids is 1. The van der Waals surface area contributed by atoms with Crippen LogP contribution in [-0.2, 0) is 14.6 Å². The van der Waals surface area contributed by atoms with Crippen molar-refractivity contribution in [2.45, 2.75) is 19.4 Å². The molecule has 0 radical (unpaired) electrons. The van der Waals surface area contributed by atoms with Gasteiger partial charge in [0.15, 0.2) is 0 Å². The summed E-state index contributed by atoms with van der Waals surface area (Å²) in [6, 6.07) is 3.76. The Hall–Kier alpha value is -1.41. The molecule has 0 saturated carbocycles. The van der Waals surface area contributed by atoms with Crippen LogP contribution in [0.2, 0.25) is 0 Å². The average Bonchev–Trinajstić information content (AvgIpc) is 2.36. The van der Waals surface area contributed by atoms with Gasteiger partial charge in [-0.2, -0.15) is 0 Å². The molecule has 1 aromatic rings. The van der Waals surface area contributed by atoms with Gasteiger partial charge in [-0.25, -0.2) is 13.2 Å². The number of amides is 1. The second-order valence-electron chi connectivity index (χ2n) is 4.70. The fourth-order valence-corrected chi connectivity index (χ4v) is 2.71. The molecule has 0 heterocycles. The van der Waals surface area contributed by atoms with Crippen LogP contribution in [-0.4, -0.2) is 43.5 Å². The zero-order valence-electron chi connectivity index (χ0n) is 11.6. The Morgan fingerprint density at radius 3 is 2.52 bits per heavy atom. The quantitative estimate of drug-likeness (QED) is 0.779. The van der Waals surface area contributed by atoms with E-state index in [0.29, 0.717) is 11.1 Å². The Morgan fingerprint density at radius 2 is 2.00 bits per heavy atom. The molecule has 1 rings (SSSR count). The minimum Gasteiger partial charge on any atom is -0.480 e. The zero-order chi connectivity index (χ0) is 16.2. The molecule has 1 unspecified atom stereocenters. The van der Waals surface area contributed by atoms with Gasteiger partial charge in [0, 0.05) is 16.3 Å². The van der Waals surface area contributed by atoms with Crippen LogP contribution in [0.15, 0.2) is 22.7 Å². The normalized spacial score (nSPS) is 12.7. The van der Waals surface area contributed by atoms with E-state index in [2.05, 4.69) is 21.2 Å². The van der Waals surface area contributed by atoms with Crippen molar-refractivity contribution in [2.75, 3.05) is 12.0 Å². The third-order valence-electron chi connectivity index (χ3n) is 2.89. The van der Waals surface area contributed by atoms with Crippen molar-refractivity contribution in [1.82, 2.24) is 5.32 Å². The highest BCUT2D eigenvalue weighted by Gasteiger charge is 2.23. The van der Waals surface area contributed by atoms with E-state index in [0.717, 1.165) is 10.7 Å². The highest BCUT2D eigenvalue weighted by molar-refractivity contribution is 9.10. The maximum Gasteiger partial charge on any atom is 0.326 e. The first-order chi connectivity index (χ1) is 9.61. The SMILES string of the molecule is Cc1c(Br)cccc1C(=O)NC(CCS(C)(=O)=O)C(=O)O. The minimum absolute atomic E-state index is 0.174. The Morgan fingerprint density at radius 1 is 1.38 bits per heavy atom. The Balaban J connectivity index is 2.86. The molecule has 0 bridgehead atoms. The Kier molecular flexibility index (Phi) is 5.91. The molecule has 1 atom stereocenters. The monoisotopic (exact) mass is 377 g/mol. The summed E-state index contributed by atoms with van der Waals surface area (Å²) in [7, 11) is -3.29. The van der Waals surface area contributed by atoms with E-state index in [4.69, 9.17) is 5.11 Å². The molecule has 0 aromatic heterocycles. The molecule has 0 fully saturated rings. The number of sulfone groups is 1. The number of carboxylic acids is 1. The van der Waals surface area contributed by atoms with Gasteiger partial charge in [0.05, 0.1) is 5.75 Å². The molecule has 0 aliphatic carbocycles. The molecular weight excluding hydrogens is 362 g/mol. The van der Waals surface area contributed by atoms with E-state index < -0.39 is 27.8 Å². The second kappa shape index (κ2) is 7.04. The van der Waals surface area contributed by atoms with Gasteiger partial charge in [-0.05, 0) is 31.0 Å². The van der Waals surface area contributed by atoms with E-state index in [9.17, 15) is 18.0 Å². The summed E-state index contributed by atoms with van der Waals surface area (Å²) >= 11 is 3.29. The van der Waals surface area contributed by atoms with Gasteiger partial charge in [-0.15, -0.1) is 0 Å². The summed E-state index contributed by atoms with van der Waals surface area (Å²) < 4.78 is 22.9. The van der Waals surface area contributed by atoms with Crippen molar-refractivity contribution in [3.63, 3.8) is 0 Å². The number of hydrogen-bond donors (Lipinski definition) is 2. The fourth-order valence-electron chi connectivity index (χ4n) is 1.68. The van der Waals surface area contributed by atoms with Crippen LogP contribution in [0, 0.1) is 6.92 Å². The number of hydrogen-bond acceptors (Lipinski definition) is 4. The van der Waals surface area contributed by atoms with Crippen molar-refractivity contribution < 1.29 is 23.1 Å². The van der Waals surface area contributed by atoms with E-state index in [1.165, 1.54) is 0 Å². The number of rotatable bonds is 6. The summed E-state index contributed by atoms with van der Waals surface area (Å²) in [6.07, 6.45) is 0.846. The molecule has 0 spiro atoms. The Labute approximate surface area is 131 Å². The average molecular weight is 378 g/mol. The largest absolute Gasteiger partial charge is 0.480 e. The third-order valence-corrected chi connectivity index (χ3v) is 4.73. The van der Waals surface area contributed by atoms with Crippen molar-refractivity contribution >= 4 is 37.6 Å². The second-order valence-corrected chi connectivity index (χ2v) is 7.81. The van der Waals surface area contributed by atoms with Gasteiger partial charge in [0.25, 0.3) is 5.91 Å². The summed E-state index contributed by atoms with van der Waals surface area (Å²) in [5.41, 5.74) is 1.03. The van der Waals surface area contributed by atoms with Gasteiger partial charge in [-0.1, -0.05) is 22.0 Å². The van der Waals surface area contributed by atoms with Gasteiger partial charge in [0.1, 0.15) is 15.9 Å². The number of carboxylic acid groups (broad SMARTS) is 1. The third kappa shape index (κ3) is 5.47. The zero-order valence-corrected chi connectivity index (χ0v) is 14.0. The van der Waals surface area contributed by atoms with E-state index in [1.54, 1.807) is 25.1 Å². The molecule has 6 nitrogen and oxygen atoms in total. The van der Waals surface area contributed by atoms with Crippen LogP contribution in [0.3, 0.4) is 0 Å². The van der Waals surface area contributed by atoms with Gasteiger partial charge in [0.2, 0.25) is 0 Å². The van der Waals surface area contributed by atoms with Gasteiger partial charge < -0.3 is 10.4 Å². The minimum atomic E-state index is -3.29. The highest BCUT2D eigenvalue weighted by atomic mass is 79.9. The summed E-state index contributed by atoms with van der Waals surface area (Å²) in [5.74, 6) is -2.11. The van der Waals surface area contributed by atoms with E-state index in [1.807, 2.05) is 0 Å². The summed E-state index contributed by atoms with van der Waals surface area (Å²) in [5, 5.41) is 11.4. The first-order valence-corrected chi connectivity index (χ1v) is 8.93. The van der Waals surface area contributed by atoms with Crippen LogP contribution in [0.25, 0.3) is 0 Å². The fraction of sp³-hybridized carbons (Fsp3) is 0.385. The van der Waals surface area contributed by atoms with Crippen LogP contribution in [0.1, 0.15) is 22.3 Å². The predicted octanol–water partition coefficient (Wildman–Crippen LogP) is 1.38. The first-order valence-electron chi connectivity index (χ1n) is 6.08. The van der Waals surface area contributed by atoms with Gasteiger partial charge >= 0.3 is 5.97 Å². The van der Waals surface area contributed by atoms with Gasteiger partial charge in [-0.3, -0.25) is 4.79 Å². The van der Waals surface area contributed by atoms with Crippen LogP contribution in [0.5, 0.6) is 0 Å². The lowest BCUT2D eigenvalue weighted by Gasteiger charge is -2.15. The standard InChI is InChI=1S/C13H16BrNO5S/c1-8-9(4-3-5-10(8)14)12(16)15-11(13(17)18)6-7-21(2,19)20/h3-5,11H,6-7H2,1-2H3,(H,15,16)(H,17,18). The van der Waals surface area contributed by atoms with Crippen LogP contribution >= 0.6 is 15.9 Å². The topological polar surface area (TPSA) is 101 Å². The lowest BCUT2D eigenvalue weighted by molar-refractivity contribution is -0.139. The van der Waals surface area contributed by atoms with Crippen LogP contribution in [0.4, 0.5) is 0 Å². The van der Waals surface area contributed by atoms with Crippen LogP contribution < -0.4 is 5.32 Å². The van der Waals surface area contributed by atoms with Crippen molar-refractivity contribution in [3.05, 3.63) is 33.8 Å². The molecule has 8 heteroatoms. The lowest BCUT2D eigenvalue weighted by atomic mass is 10.1. The molecule has 0 aliphatic heterocycles. The summed E-state index contributed by atoms with van der Waals surface area (Å²) in [6.45, 7) is 1.73. The number of carbonyl (C=O) groups is 2. The van der Waals surface area contributed by atoms with Crippen molar-refractivity contribution in [3.8, 4) is 0 Å². The maximum absolute atomic E-state index is 12.1. The van der Waals surface area contributed by atoms with E-state index >= 15 is 0 Å². The molecular formula is C13H16BrNO5S. The lowest BCUT2D eigenvalue weighted by Crippen LogP contribution is -2.42. The molecule has 116 valence electrons. The molecule has 2 N–H and O–H groups in total. The molecule has 21 heavy (non-hydrogen) atoms. The number of nitrogens with one attached hydrogen (secondary N) is 1. The number of halogens is 1. The molecule has 1 amide bonds. The molecule has 0 saturated heterocycles. The highest BCUT2D eigenvalue weighted by Crippen LogP contribution is 2.19. The Bertz CT molecular complexity index is 657. The first kappa shape index (κ1) is 17.6. The number of benzene rings is 1. The number of carbonyl (C=O) groups excluding carboxylic acids is 1. The predicted molar refractivity (Wildman–Crippen MR) is 82.1 cm³/mol. The molecule has 1 aromatic carbocycles. The maximum atomic E-state index is 12.1. The molecule has 0 aliphatic rings.